The van der Waals surface area contributed by atoms with Crippen LogP contribution in [0.1, 0.15) is 35.4 Å². The zero-order chi connectivity index (χ0) is 17.9. The smallest absolute Gasteiger partial charge is 0.284 e. The van der Waals surface area contributed by atoms with E-state index in [1.807, 2.05) is 19.1 Å². The molecule has 8 heteroatoms. The van der Waals surface area contributed by atoms with Gasteiger partial charge in [0.15, 0.2) is 11.7 Å². The summed E-state index contributed by atoms with van der Waals surface area (Å²) in [5.41, 5.74) is 5.16. The Morgan fingerprint density at radius 1 is 1.28 bits per heavy atom. The molecule has 0 atom stereocenters. The van der Waals surface area contributed by atoms with Crippen LogP contribution in [-0.2, 0) is 17.9 Å². The Hall–Kier alpha value is -2.74. The number of carbonyl (C=O) groups excluding carboxylic acids is 1. The number of nitrogens with two attached hydrogens (primary N) is 1. The number of carbonyl (C=O) groups is 1. The molecule has 0 fully saturated rings. The van der Waals surface area contributed by atoms with Gasteiger partial charge >= 0.3 is 0 Å². The van der Waals surface area contributed by atoms with E-state index in [2.05, 4.69) is 15.6 Å². The van der Waals surface area contributed by atoms with Crippen LogP contribution in [0.5, 0.6) is 0 Å². The van der Waals surface area contributed by atoms with Gasteiger partial charge in [0.1, 0.15) is 24.7 Å². The first kappa shape index (κ1) is 18.6. The minimum absolute atomic E-state index is 0.136. The number of rotatable bonds is 10. The minimum Gasteiger partial charge on any atom is -0.467 e. The maximum absolute atomic E-state index is 11.0. The first-order valence-corrected chi connectivity index (χ1v) is 8.20. The van der Waals surface area contributed by atoms with E-state index in [0.717, 1.165) is 18.7 Å². The van der Waals surface area contributed by atoms with Crippen molar-refractivity contribution < 1.29 is 18.4 Å². The van der Waals surface area contributed by atoms with Crippen LogP contribution < -0.4 is 16.4 Å². The predicted octanol–water partition coefficient (Wildman–Crippen LogP) is 1.63. The van der Waals surface area contributed by atoms with E-state index in [-0.39, 0.29) is 5.76 Å². The van der Waals surface area contributed by atoms with Crippen LogP contribution in [-0.4, -0.2) is 31.6 Å². The number of primary amides is 1. The Morgan fingerprint density at radius 2 is 2.16 bits per heavy atom. The van der Waals surface area contributed by atoms with Gasteiger partial charge in [0, 0.05) is 19.7 Å². The molecular formula is C17H24N4O4. The molecule has 0 bridgehead atoms. The number of guanidine groups is 1. The lowest BCUT2D eigenvalue weighted by Gasteiger charge is -2.11. The Kier molecular flexibility index (Phi) is 7.58. The van der Waals surface area contributed by atoms with E-state index < -0.39 is 5.91 Å². The van der Waals surface area contributed by atoms with Crippen LogP contribution in [0.2, 0.25) is 0 Å². The summed E-state index contributed by atoms with van der Waals surface area (Å²) in [6.07, 6.45) is 2.46. The Morgan fingerprint density at radius 3 is 2.84 bits per heavy atom. The fourth-order valence-corrected chi connectivity index (χ4v) is 2.04. The Bertz CT molecular complexity index is 664. The number of hydrogen-bond acceptors (Lipinski definition) is 5. The van der Waals surface area contributed by atoms with Crippen molar-refractivity contribution in [3.63, 3.8) is 0 Å². The van der Waals surface area contributed by atoms with E-state index in [1.165, 1.54) is 0 Å². The number of aliphatic imine (C=N–C) groups is 1. The fourth-order valence-electron chi connectivity index (χ4n) is 2.04. The van der Waals surface area contributed by atoms with Gasteiger partial charge in [-0.05, 0) is 37.6 Å². The van der Waals surface area contributed by atoms with Crippen molar-refractivity contribution in [1.82, 2.24) is 10.6 Å². The highest BCUT2D eigenvalue weighted by Crippen LogP contribution is 2.08. The third kappa shape index (κ3) is 6.72. The third-order valence-electron chi connectivity index (χ3n) is 3.22. The highest BCUT2D eigenvalue weighted by Gasteiger charge is 2.06. The van der Waals surface area contributed by atoms with Crippen LogP contribution in [0.3, 0.4) is 0 Å². The average molecular weight is 348 g/mol. The summed E-state index contributed by atoms with van der Waals surface area (Å²) in [4.78, 5) is 15.4. The van der Waals surface area contributed by atoms with E-state index in [0.29, 0.717) is 38.0 Å². The van der Waals surface area contributed by atoms with Gasteiger partial charge in [-0.15, -0.1) is 0 Å². The van der Waals surface area contributed by atoms with Crippen LogP contribution in [0, 0.1) is 0 Å². The van der Waals surface area contributed by atoms with Gasteiger partial charge in [-0.3, -0.25) is 4.79 Å². The minimum atomic E-state index is -0.588. The van der Waals surface area contributed by atoms with Gasteiger partial charge in [0.25, 0.3) is 5.91 Å². The molecule has 0 aromatic carbocycles. The summed E-state index contributed by atoms with van der Waals surface area (Å²) < 4.78 is 16.0. The summed E-state index contributed by atoms with van der Waals surface area (Å²) in [7, 11) is 0. The monoisotopic (exact) mass is 348 g/mol. The predicted molar refractivity (Wildman–Crippen MR) is 93.0 cm³/mol. The maximum atomic E-state index is 11.0. The lowest BCUT2D eigenvalue weighted by molar-refractivity contribution is 0.0972. The number of nitrogens with zero attached hydrogens (tertiary/aromatic N) is 1. The molecule has 4 N–H and O–H groups in total. The van der Waals surface area contributed by atoms with E-state index >= 15 is 0 Å². The molecule has 8 nitrogen and oxygen atoms in total. The molecule has 136 valence electrons. The average Bonchev–Trinajstić information content (AvgIpc) is 3.27. The molecule has 1 amide bonds. The van der Waals surface area contributed by atoms with E-state index in [4.69, 9.17) is 19.3 Å². The highest BCUT2D eigenvalue weighted by molar-refractivity contribution is 5.89. The van der Waals surface area contributed by atoms with Crippen molar-refractivity contribution in [1.29, 1.82) is 0 Å². The summed E-state index contributed by atoms with van der Waals surface area (Å²) in [5, 5.41) is 6.36. The lowest BCUT2D eigenvalue weighted by Crippen LogP contribution is -2.38. The SMILES string of the molecule is CCNC(=NCc1ccc(C(N)=O)o1)NCCCOCc1ccco1. The largest absolute Gasteiger partial charge is 0.467 e. The lowest BCUT2D eigenvalue weighted by atomic mass is 10.4. The second-order valence-electron chi connectivity index (χ2n) is 5.24. The molecule has 2 rings (SSSR count). The molecule has 0 aliphatic heterocycles. The van der Waals surface area contributed by atoms with E-state index in [9.17, 15) is 4.79 Å². The standard InChI is InChI=1S/C17H24N4O4/c1-2-19-17(21-11-13-6-7-15(25-13)16(18)22)20-8-4-9-23-12-14-5-3-10-24-14/h3,5-7,10H,2,4,8-9,11-12H2,1H3,(H2,18,22)(H2,19,20,21). The normalized spacial score (nSPS) is 11.5. The van der Waals surface area contributed by atoms with Crippen molar-refractivity contribution in [3.05, 3.63) is 47.8 Å². The summed E-state index contributed by atoms with van der Waals surface area (Å²) >= 11 is 0. The number of amides is 1. The molecule has 25 heavy (non-hydrogen) atoms. The van der Waals surface area contributed by atoms with Crippen molar-refractivity contribution >= 4 is 11.9 Å². The van der Waals surface area contributed by atoms with Crippen LogP contribution >= 0.6 is 0 Å². The van der Waals surface area contributed by atoms with Crippen LogP contribution in [0.25, 0.3) is 0 Å². The molecule has 0 unspecified atom stereocenters. The van der Waals surface area contributed by atoms with Gasteiger partial charge in [-0.1, -0.05) is 0 Å². The van der Waals surface area contributed by atoms with Gasteiger partial charge in [-0.25, -0.2) is 4.99 Å². The summed E-state index contributed by atoms with van der Waals surface area (Å²) in [5.74, 6) is 1.61. The van der Waals surface area contributed by atoms with Crippen LogP contribution in [0.15, 0.2) is 44.4 Å². The molecule has 2 heterocycles. The summed E-state index contributed by atoms with van der Waals surface area (Å²) in [6, 6.07) is 6.96. The Labute approximate surface area is 146 Å². The number of nitrogens with one attached hydrogen (secondary N) is 2. The van der Waals surface area contributed by atoms with Crippen molar-refractivity contribution in [2.24, 2.45) is 10.7 Å². The van der Waals surface area contributed by atoms with Crippen molar-refractivity contribution in [2.75, 3.05) is 19.7 Å². The molecule has 2 aromatic rings. The molecule has 0 saturated carbocycles. The number of furan rings is 2. The molecule has 0 saturated heterocycles. The number of hydrogen-bond donors (Lipinski definition) is 3. The zero-order valence-corrected chi connectivity index (χ0v) is 14.3. The maximum Gasteiger partial charge on any atom is 0.284 e. The van der Waals surface area contributed by atoms with Crippen molar-refractivity contribution in [3.8, 4) is 0 Å². The van der Waals surface area contributed by atoms with Crippen molar-refractivity contribution in [2.45, 2.75) is 26.5 Å². The van der Waals surface area contributed by atoms with Gasteiger partial charge in [0.05, 0.1) is 6.26 Å². The molecule has 0 spiro atoms. The van der Waals surface area contributed by atoms with Gasteiger partial charge < -0.3 is 29.9 Å². The second kappa shape index (κ2) is 10.2. The molecule has 0 radical (unpaired) electrons. The number of ether oxygens (including phenoxy) is 1. The fraction of sp³-hybridized carbons (Fsp3) is 0.412. The third-order valence-corrected chi connectivity index (χ3v) is 3.22. The van der Waals surface area contributed by atoms with Gasteiger partial charge in [0.2, 0.25) is 0 Å². The van der Waals surface area contributed by atoms with E-state index in [1.54, 1.807) is 18.4 Å². The first-order chi connectivity index (χ1) is 12.2. The molecule has 0 aliphatic carbocycles. The highest BCUT2D eigenvalue weighted by atomic mass is 16.5. The first-order valence-electron chi connectivity index (χ1n) is 8.20. The zero-order valence-electron chi connectivity index (χ0n) is 14.3. The molecular weight excluding hydrogens is 324 g/mol. The summed E-state index contributed by atoms with van der Waals surface area (Å²) in [6.45, 7) is 4.86. The quantitative estimate of drug-likeness (QED) is 0.341. The topological polar surface area (TPSA) is 115 Å². The second-order valence-corrected chi connectivity index (χ2v) is 5.24. The Balaban J connectivity index is 1.68. The molecule has 0 aliphatic rings. The van der Waals surface area contributed by atoms with Crippen LogP contribution in [0.4, 0.5) is 0 Å². The van der Waals surface area contributed by atoms with Gasteiger partial charge in [-0.2, -0.15) is 0 Å². The molecule has 2 aromatic heterocycles.